The maximum absolute atomic E-state index is 12.1. The van der Waals surface area contributed by atoms with Crippen LogP contribution in [0.1, 0.15) is 37.7 Å². The van der Waals surface area contributed by atoms with E-state index in [1.54, 1.807) is 0 Å². The van der Waals surface area contributed by atoms with Gasteiger partial charge in [-0.1, -0.05) is 19.1 Å². The Kier molecular flexibility index (Phi) is 5.94. The maximum Gasteiger partial charge on any atom is 0.334 e. The zero-order valence-electron chi connectivity index (χ0n) is 14.1. The Morgan fingerprint density at radius 1 is 1.32 bits per heavy atom. The Morgan fingerprint density at radius 2 is 1.96 bits per heavy atom. The van der Waals surface area contributed by atoms with Gasteiger partial charge in [0.1, 0.15) is 11.0 Å². The molecule has 8 heteroatoms. The Balaban J connectivity index is 2.11. The van der Waals surface area contributed by atoms with Crippen LogP contribution in [0.25, 0.3) is 0 Å². The van der Waals surface area contributed by atoms with E-state index in [0.29, 0.717) is 5.56 Å². The zero-order chi connectivity index (χ0) is 18.6. The van der Waals surface area contributed by atoms with Crippen molar-refractivity contribution in [2.75, 3.05) is 6.26 Å². The molecule has 0 atom stereocenters. The molecule has 0 unspecified atom stereocenters. The Hall–Kier alpha value is -2.22. The van der Waals surface area contributed by atoms with Crippen LogP contribution >= 0.6 is 0 Å². The number of hydrogen-bond acceptors (Lipinski definition) is 6. The topological polar surface area (TPSA) is 104 Å². The maximum atomic E-state index is 12.1. The van der Waals surface area contributed by atoms with E-state index in [0.717, 1.165) is 44.4 Å². The third-order valence-electron chi connectivity index (χ3n) is 4.15. The van der Waals surface area contributed by atoms with Crippen LogP contribution < -0.4 is 0 Å². The van der Waals surface area contributed by atoms with E-state index in [4.69, 9.17) is 4.74 Å². The largest absolute Gasteiger partial charge is 0.459 e. The first-order valence-corrected chi connectivity index (χ1v) is 9.94. The average molecular weight is 367 g/mol. The molecule has 7 nitrogen and oxygen atoms in total. The molecular weight excluding hydrogens is 346 g/mol. The van der Waals surface area contributed by atoms with E-state index >= 15 is 0 Å². The molecule has 0 heterocycles. The second kappa shape index (κ2) is 7.77. The number of carbonyl (C=O) groups excluding carboxylic acids is 1. The molecule has 2 rings (SSSR count). The van der Waals surface area contributed by atoms with E-state index in [2.05, 4.69) is 6.58 Å². The molecule has 0 radical (unpaired) electrons. The summed E-state index contributed by atoms with van der Waals surface area (Å²) in [6, 6.07) is 3.79. The summed E-state index contributed by atoms with van der Waals surface area (Å²) in [7, 11) is -3.71. The molecule has 0 saturated heterocycles. The smallest absolute Gasteiger partial charge is 0.334 e. The van der Waals surface area contributed by atoms with Crippen LogP contribution in [0.3, 0.4) is 0 Å². The van der Waals surface area contributed by atoms with Gasteiger partial charge in [-0.25, -0.2) is 13.2 Å². The molecule has 0 aliphatic heterocycles. The average Bonchev–Trinajstić information content (AvgIpc) is 2.54. The van der Waals surface area contributed by atoms with Gasteiger partial charge in [-0.05, 0) is 37.3 Å². The Labute approximate surface area is 146 Å². The highest BCUT2D eigenvalue weighted by atomic mass is 32.2. The number of nitro benzene ring substituents is 1. The number of rotatable bonds is 6. The van der Waals surface area contributed by atoms with Crippen LogP contribution in [0.15, 0.2) is 35.2 Å². The molecule has 1 aromatic carbocycles. The predicted octanol–water partition coefficient (Wildman–Crippen LogP) is 2.97. The molecule has 1 aromatic rings. The molecule has 0 spiro atoms. The second-order valence-electron chi connectivity index (χ2n) is 6.28. The fraction of sp³-hybridized carbons (Fsp3) is 0.471. The third-order valence-corrected chi connectivity index (χ3v) is 5.30. The van der Waals surface area contributed by atoms with Crippen LogP contribution in [-0.4, -0.2) is 31.7 Å². The van der Waals surface area contributed by atoms with Crippen molar-refractivity contribution in [2.45, 2.75) is 49.5 Å². The van der Waals surface area contributed by atoms with Gasteiger partial charge in [-0.2, -0.15) is 0 Å². The highest BCUT2D eigenvalue weighted by molar-refractivity contribution is 7.90. The molecule has 25 heavy (non-hydrogen) atoms. The van der Waals surface area contributed by atoms with Crippen LogP contribution in [-0.2, 0) is 25.8 Å². The summed E-state index contributed by atoms with van der Waals surface area (Å²) in [6.07, 6.45) is 5.77. The first kappa shape index (κ1) is 19.1. The van der Waals surface area contributed by atoms with Crippen LogP contribution in [0.2, 0.25) is 0 Å². The van der Waals surface area contributed by atoms with Crippen LogP contribution in [0.5, 0.6) is 0 Å². The number of nitrogens with zero attached hydrogens (tertiary/aromatic N) is 1. The number of carbonyl (C=O) groups is 1. The minimum atomic E-state index is -3.71. The molecule has 0 bridgehead atoms. The molecule has 0 aromatic heterocycles. The predicted molar refractivity (Wildman–Crippen MR) is 92.0 cm³/mol. The lowest BCUT2D eigenvalue weighted by molar-refractivity contribution is -0.387. The number of nitro groups is 1. The van der Waals surface area contributed by atoms with E-state index in [9.17, 15) is 23.3 Å². The first-order valence-electron chi connectivity index (χ1n) is 8.04. The van der Waals surface area contributed by atoms with Gasteiger partial charge in [0.25, 0.3) is 5.69 Å². The SMILES string of the molecule is C=C(Cc1ccc(S(C)(=O)=O)c([N+](=O)[O-])c1)C(=O)OC1CCCCC1. The second-order valence-corrected chi connectivity index (χ2v) is 8.26. The van der Waals surface area contributed by atoms with Gasteiger partial charge < -0.3 is 4.74 Å². The molecule has 1 aliphatic rings. The minimum absolute atomic E-state index is 0.0659. The van der Waals surface area contributed by atoms with E-state index in [1.807, 2.05) is 0 Å². The van der Waals surface area contributed by atoms with Crippen molar-refractivity contribution in [3.63, 3.8) is 0 Å². The lowest BCUT2D eigenvalue weighted by Gasteiger charge is -2.22. The molecule has 1 saturated carbocycles. The van der Waals surface area contributed by atoms with E-state index < -0.39 is 26.4 Å². The van der Waals surface area contributed by atoms with Crippen LogP contribution in [0, 0.1) is 10.1 Å². The van der Waals surface area contributed by atoms with Gasteiger partial charge >= 0.3 is 5.97 Å². The number of hydrogen-bond donors (Lipinski definition) is 0. The van der Waals surface area contributed by atoms with Gasteiger partial charge in [-0.15, -0.1) is 0 Å². The number of benzene rings is 1. The minimum Gasteiger partial charge on any atom is -0.459 e. The number of esters is 1. The van der Waals surface area contributed by atoms with E-state index in [-0.39, 0.29) is 23.0 Å². The Morgan fingerprint density at radius 3 is 2.52 bits per heavy atom. The summed E-state index contributed by atoms with van der Waals surface area (Å²) in [5, 5.41) is 11.1. The van der Waals surface area contributed by atoms with Crippen molar-refractivity contribution in [1.82, 2.24) is 0 Å². The van der Waals surface area contributed by atoms with Crippen molar-refractivity contribution < 1.29 is 22.9 Å². The fourth-order valence-electron chi connectivity index (χ4n) is 2.87. The van der Waals surface area contributed by atoms with Gasteiger partial charge in [0.2, 0.25) is 0 Å². The molecular formula is C17H21NO6S. The molecule has 0 N–H and O–H groups in total. The van der Waals surface area contributed by atoms with Crippen molar-refractivity contribution in [3.8, 4) is 0 Å². The lowest BCUT2D eigenvalue weighted by atomic mass is 9.97. The summed E-state index contributed by atoms with van der Waals surface area (Å²) in [6.45, 7) is 3.70. The zero-order valence-corrected chi connectivity index (χ0v) is 14.9. The standard InChI is InChI=1S/C17H21NO6S/c1-12(17(19)24-14-6-4-3-5-7-14)10-13-8-9-16(25(2,22)23)15(11-13)18(20)21/h8-9,11,14H,1,3-7,10H2,2H3. The number of sulfone groups is 1. The quantitative estimate of drug-likeness (QED) is 0.331. The fourth-order valence-corrected chi connectivity index (χ4v) is 3.69. The van der Waals surface area contributed by atoms with Crippen molar-refractivity contribution in [3.05, 3.63) is 46.0 Å². The van der Waals surface area contributed by atoms with Gasteiger partial charge in [0, 0.05) is 24.3 Å². The van der Waals surface area contributed by atoms with Gasteiger partial charge in [0.15, 0.2) is 9.84 Å². The monoisotopic (exact) mass is 367 g/mol. The summed E-state index contributed by atoms with van der Waals surface area (Å²) in [5.74, 6) is -0.512. The normalized spacial score (nSPS) is 15.6. The van der Waals surface area contributed by atoms with Crippen molar-refractivity contribution in [1.29, 1.82) is 0 Å². The summed E-state index contributed by atoms with van der Waals surface area (Å²) in [4.78, 5) is 22.1. The van der Waals surface area contributed by atoms with E-state index in [1.165, 1.54) is 12.1 Å². The highest BCUT2D eigenvalue weighted by Gasteiger charge is 2.24. The first-order chi connectivity index (χ1) is 11.7. The Bertz CT molecular complexity index is 793. The van der Waals surface area contributed by atoms with Crippen molar-refractivity contribution >= 4 is 21.5 Å². The van der Waals surface area contributed by atoms with Gasteiger partial charge in [-0.3, -0.25) is 10.1 Å². The van der Waals surface area contributed by atoms with Gasteiger partial charge in [0.05, 0.1) is 4.92 Å². The third kappa shape index (κ3) is 5.12. The molecule has 0 amide bonds. The van der Waals surface area contributed by atoms with Crippen LogP contribution in [0.4, 0.5) is 5.69 Å². The van der Waals surface area contributed by atoms with Crippen molar-refractivity contribution in [2.24, 2.45) is 0 Å². The molecule has 1 aliphatic carbocycles. The lowest BCUT2D eigenvalue weighted by Crippen LogP contribution is -2.22. The number of ether oxygens (including phenoxy) is 1. The summed E-state index contributed by atoms with van der Waals surface area (Å²) >= 11 is 0. The molecule has 136 valence electrons. The molecule has 1 fully saturated rings. The summed E-state index contributed by atoms with van der Waals surface area (Å²) < 4.78 is 28.7. The highest BCUT2D eigenvalue weighted by Crippen LogP contribution is 2.26. The summed E-state index contributed by atoms with van der Waals surface area (Å²) in [5.41, 5.74) is 0.116.